The quantitative estimate of drug-likeness (QED) is 0.826. The molecule has 0 aliphatic rings. The molecule has 0 bridgehead atoms. The van der Waals surface area contributed by atoms with Gasteiger partial charge in [-0.1, -0.05) is 12.1 Å². The number of carbonyl (C=O) groups is 1. The third kappa shape index (κ3) is 3.36. The van der Waals surface area contributed by atoms with Crippen molar-refractivity contribution in [2.45, 2.75) is 6.18 Å². The van der Waals surface area contributed by atoms with Crippen LogP contribution >= 0.6 is 0 Å². The number of amides is 1. The summed E-state index contributed by atoms with van der Waals surface area (Å²) in [6.45, 7) is 0. The number of benzene rings is 2. The maximum absolute atomic E-state index is 13.4. The van der Waals surface area contributed by atoms with Crippen LogP contribution < -0.4 is 5.32 Å². The molecule has 2 aromatic rings. The first-order valence-corrected chi connectivity index (χ1v) is 5.71. The summed E-state index contributed by atoms with van der Waals surface area (Å²) in [6, 6.07) is 6.60. The maximum atomic E-state index is 13.4. The predicted octanol–water partition coefficient (Wildman–Crippen LogP) is 4.24. The molecule has 0 aliphatic carbocycles. The molecular weight excluding hydrogens is 293 g/mol. The highest BCUT2D eigenvalue weighted by Gasteiger charge is 2.30. The molecule has 1 amide bonds. The molecule has 0 saturated carbocycles. The first kappa shape index (κ1) is 15.0. The minimum Gasteiger partial charge on any atom is -0.322 e. The van der Waals surface area contributed by atoms with Crippen molar-refractivity contribution in [1.82, 2.24) is 0 Å². The summed E-state index contributed by atoms with van der Waals surface area (Å²) in [5.41, 5.74) is -2.04. The molecule has 0 heterocycles. The van der Waals surface area contributed by atoms with Gasteiger partial charge in [-0.05, 0) is 30.3 Å². The van der Waals surface area contributed by atoms with E-state index in [9.17, 15) is 26.7 Å². The Hall–Kier alpha value is -2.44. The second-order valence-corrected chi connectivity index (χ2v) is 4.13. The molecule has 7 heteroatoms. The normalized spacial score (nSPS) is 11.3. The zero-order valence-electron chi connectivity index (χ0n) is 10.3. The Bertz CT molecular complexity index is 661. The summed E-state index contributed by atoms with van der Waals surface area (Å²) in [6.07, 6.45) is -4.58. The van der Waals surface area contributed by atoms with Gasteiger partial charge in [0, 0.05) is 5.69 Å². The van der Waals surface area contributed by atoms with Crippen LogP contribution in [0.3, 0.4) is 0 Å². The number of rotatable bonds is 2. The highest BCUT2D eigenvalue weighted by atomic mass is 19.4. The number of hydrogen-bond donors (Lipinski definition) is 1. The lowest BCUT2D eigenvalue weighted by atomic mass is 10.1. The van der Waals surface area contributed by atoms with Gasteiger partial charge in [0.2, 0.25) is 0 Å². The molecule has 1 N–H and O–H groups in total. The summed E-state index contributed by atoms with van der Waals surface area (Å²) in [5, 5.41) is 2.03. The number of carbonyl (C=O) groups excluding carboxylic acids is 1. The van der Waals surface area contributed by atoms with Crippen molar-refractivity contribution in [2.75, 3.05) is 5.32 Å². The van der Waals surface area contributed by atoms with Gasteiger partial charge in [-0.3, -0.25) is 4.79 Å². The van der Waals surface area contributed by atoms with Crippen LogP contribution in [0.15, 0.2) is 42.5 Å². The smallest absolute Gasteiger partial charge is 0.322 e. The third-order valence-corrected chi connectivity index (χ3v) is 2.64. The molecule has 0 saturated heterocycles. The molecule has 0 aromatic heterocycles. The van der Waals surface area contributed by atoms with E-state index >= 15 is 0 Å². The molecule has 21 heavy (non-hydrogen) atoms. The minimum atomic E-state index is -4.58. The fourth-order valence-electron chi connectivity index (χ4n) is 1.68. The van der Waals surface area contributed by atoms with Gasteiger partial charge in [-0.25, -0.2) is 8.78 Å². The zero-order valence-corrected chi connectivity index (χ0v) is 10.3. The molecule has 0 spiro atoms. The molecule has 0 unspecified atom stereocenters. The van der Waals surface area contributed by atoms with Crippen molar-refractivity contribution < 1.29 is 26.7 Å². The van der Waals surface area contributed by atoms with Crippen LogP contribution in [0.5, 0.6) is 0 Å². The van der Waals surface area contributed by atoms with E-state index in [2.05, 4.69) is 0 Å². The molecular formula is C14H8F5NO. The number of anilines is 1. The Morgan fingerprint density at radius 2 is 1.52 bits per heavy atom. The molecule has 2 aromatic carbocycles. The van der Waals surface area contributed by atoms with Crippen molar-refractivity contribution in [2.24, 2.45) is 0 Å². The maximum Gasteiger partial charge on any atom is 0.416 e. The van der Waals surface area contributed by atoms with Crippen LogP contribution in [0.4, 0.5) is 27.6 Å². The number of nitrogens with one attached hydrogen (secondary N) is 1. The Labute approximate surface area is 116 Å². The summed E-state index contributed by atoms with van der Waals surface area (Å²) in [4.78, 5) is 11.7. The Morgan fingerprint density at radius 1 is 0.952 bits per heavy atom. The largest absolute Gasteiger partial charge is 0.416 e. The highest BCUT2D eigenvalue weighted by molar-refractivity contribution is 6.04. The summed E-state index contributed by atoms with van der Waals surface area (Å²) in [7, 11) is 0. The van der Waals surface area contributed by atoms with Crippen molar-refractivity contribution in [1.29, 1.82) is 0 Å². The SMILES string of the molecule is O=C(Nc1cccc(C(F)(F)F)c1)c1c(F)cccc1F. The Morgan fingerprint density at radius 3 is 2.10 bits per heavy atom. The van der Waals surface area contributed by atoms with Crippen LogP contribution in [0.1, 0.15) is 15.9 Å². The van der Waals surface area contributed by atoms with Gasteiger partial charge in [-0.15, -0.1) is 0 Å². The van der Waals surface area contributed by atoms with Gasteiger partial charge in [-0.2, -0.15) is 13.2 Å². The fourth-order valence-corrected chi connectivity index (χ4v) is 1.68. The summed E-state index contributed by atoms with van der Waals surface area (Å²) >= 11 is 0. The van der Waals surface area contributed by atoms with E-state index in [0.29, 0.717) is 6.07 Å². The van der Waals surface area contributed by atoms with Gasteiger partial charge < -0.3 is 5.32 Å². The molecule has 110 valence electrons. The van der Waals surface area contributed by atoms with E-state index in [0.717, 1.165) is 30.3 Å². The van der Waals surface area contributed by atoms with Gasteiger partial charge in [0.1, 0.15) is 17.2 Å². The average molecular weight is 301 g/mol. The number of alkyl halides is 3. The topological polar surface area (TPSA) is 29.1 Å². The first-order chi connectivity index (χ1) is 9.79. The van der Waals surface area contributed by atoms with Crippen LogP contribution in [-0.2, 0) is 6.18 Å². The monoisotopic (exact) mass is 301 g/mol. The Balaban J connectivity index is 2.28. The second kappa shape index (κ2) is 5.51. The number of hydrogen-bond acceptors (Lipinski definition) is 1. The minimum absolute atomic E-state index is 0.211. The van der Waals surface area contributed by atoms with E-state index in [4.69, 9.17) is 0 Å². The van der Waals surface area contributed by atoms with E-state index in [-0.39, 0.29) is 5.69 Å². The van der Waals surface area contributed by atoms with Gasteiger partial charge in [0.05, 0.1) is 5.56 Å². The van der Waals surface area contributed by atoms with E-state index < -0.39 is 34.8 Å². The zero-order chi connectivity index (χ0) is 15.6. The van der Waals surface area contributed by atoms with Gasteiger partial charge >= 0.3 is 6.18 Å². The summed E-state index contributed by atoms with van der Waals surface area (Å²) < 4.78 is 64.4. The first-order valence-electron chi connectivity index (χ1n) is 5.71. The molecule has 0 fully saturated rings. The lowest BCUT2D eigenvalue weighted by Crippen LogP contribution is -2.16. The third-order valence-electron chi connectivity index (χ3n) is 2.64. The summed E-state index contributed by atoms with van der Waals surface area (Å²) in [5.74, 6) is -3.36. The second-order valence-electron chi connectivity index (χ2n) is 4.13. The van der Waals surface area contributed by atoms with E-state index in [1.807, 2.05) is 5.32 Å². The van der Waals surface area contributed by atoms with Crippen molar-refractivity contribution in [3.63, 3.8) is 0 Å². The van der Waals surface area contributed by atoms with E-state index in [1.165, 1.54) is 6.07 Å². The van der Waals surface area contributed by atoms with Crippen molar-refractivity contribution >= 4 is 11.6 Å². The average Bonchev–Trinajstić information content (AvgIpc) is 2.37. The highest BCUT2D eigenvalue weighted by Crippen LogP contribution is 2.30. The lowest BCUT2D eigenvalue weighted by Gasteiger charge is -2.10. The molecule has 0 radical (unpaired) electrons. The van der Waals surface area contributed by atoms with Crippen LogP contribution in [0.2, 0.25) is 0 Å². The van der Waals surface area contributed by atoms with Crippen LogP contribution in [0.25, 0.3) is 0 Å². The molecule has 0 aliphatic heterocycles. The Kier molecular flexibility index (Phi) is 3.93. The standard InChI is InChI=1S/C14H8F5NO/c15-10-5-2-6-11(16)12(10)13(21)20-9-4-1-3-8(7-9)14(17,18)19/h1-7H,(H,20,21). The fraction of sp³-hybridized carbons (Fsp3) is 0.0714. The van der Waals surface area contributed by atoms with Gasteiger partial charge in [0.25, 0.3) is 5.91 Å². The van der Waals surface area contributed by atoms with Crippen molar-refractivity contribution in [3.05, 3.63) is 65.2 Å². The lowest BCUT2D eigenvalue weighted by molar-refractivity contribution is -0.137. The van der Waals surface area contributed by atoms with Gasteiger partial charge in [0.15, 0.2) is 0 Å². The predicted molar refractivity (Wildman–Crippen MR) is 65.8 cm³/mol. The molecule has 2 nitrogen and oxygen atoms in total. The molecule has 2 rings (SSSR count). The van der Waals surface area contributed by atoms with Crippen LogP contribution in [-0.4, -0.2) is 5.91 Å². The number of halogens is 5. The molecule has 0 atom stereocenters. The van der Waals surface area contributed by atoms with Crippen molar-refractivity contribution in [3.8, 4) is 0 Å². The van der Waals surface area contributed by atoms with E-state index in [1.54, 1.807) is 0 Å². The van der Waals surface area contributed by atoms with Crippen LogP contribution in [0, 0.1) is 11.6 Å².